The lowest BCUT2D eigenvalue weighted by atomic mass is 9.87. The Hall–Kier alpha value is -3.08. The van der Waals surface area contributed by atoms with Crippen molar-refractivity contribution >= 4 is 28.3 Å². The van der Waals surface area contributed by atoms with Crippen LogP contribution in [0.4, 0.5) is 0 Å². The van der Waals surface area contributed by atoms with Crippen molar-refractivity contribution in [3.63, 3.8) is 0 Å². The molecule has 1 aromatic heterocycles. The molecule has 2 amide bonds. The summed E-state index contributed by atoms with van der Waals surface area (Å²) in [6, 6.07) is 6.77. The molecule has 186 valence electrons. The third-order valence-electron chi connectivity index (χ3n) is 7.46. The van der Waals surface area contributed by atoms with Crippen LogP contribution in [-0.2, 0) is 9.59 Å². The summed E-state index contributed by atoms with van der Waals surface area (Å²) in [5, 5.41) is 1.27. The van der Waals surface area contributed by atoms with Crippen molar-refractivity contribution in [1.29, 1.82) is 0 Å². The monoisotopic (exact) mass is 473 g/mol. The van der Waals surface area contributed by atoms with E-state index >= 15 is 0 Å². The van der Waals surface area contributed by atoms with Gasteiger partial charge < -0.3 is 15.6 Å². The van der Waals surface area contributed by atoms with E-state index in [0.29, 0.717) is 37.8 Å². The van der Waals surface area contributed by atoms with Gasteiger partial charge in [0.05, 0.1) is 0 Å². The molecule has 0 atom stereocenters. The highest BCUT2D eigenvalue weighted by Crippen LogP contribution is 2.47. The summed E-state index contributed by atoms with van der Waals surface area (Å²) in [4.78, 5) is 30.2. The third-order valence-corrected chi connectivity index (χ3v) is 7.46. The Balaban J connectivity index is 1.62. The number of fused-ring (bicyclic) bond motifs is 1. The molecule has 2 fully saturated rings. The summed E-state index contributed by atoms with van der Waals surface area (Å²) in [6.07, 6.45) is 7.37. The summed E-state index contributed by atoms with van der Waals surface area (Å²) < 4.78 is 0. The van der Waals surface area contributed by atoms with Gasteiger partial charge in [-0.3, -0.25) is 9.59 Å². The van der Waals surface area contributed by atoms with Crippen molar-refractivity contribution in [2.75, 3.05) is 13.1 Å². The maximum atomic E-state index is 12.9. The number of H-pyrrole nitrogens is 1. The number of nitrogens with one attached hydrogen (secondary N) is 1. The molecule has 2 aliphatic rings. The SMILES string of the molecule is C=C(C)/C=C(\C=C(C)C)c1[nH]c2ccc(C3CCN(C(=O)C4(C(N)=O)CC4)CC3)cc2c1C(C)C. The van der Waals surface area contributed by atoms with Crippen LogP contribution in [0, 0.1) is 5.41 Å². The van der Waals surface area contributed by atoms with Crippen LogP contribution in [-0.4, -0.2) is 34.8 Å². The second kappa shape index (κ2) is 9.52. The summed E-state index contributed by atoms with van der Waals surface area (Å²) in [5.41, 5.74) is 13.0. The van der Waals surface area contributed by atoms with Crippen molar-refractivity contribution in [3.8, 4) is 0 Å². The van der Waals surface area contributed by atoms with Crippen LogP contribution in [0.2, 0.25) is 0 Å². The molecule has 4 rings (SSSR count). The van der Waals surface area contributed by atoms with E-state index in [1.807, 2.05) is 11.8 Å². The number of hydrogen-bond donors (Lipinski definition) is 2. The first-order valence-corrected chi connectivity index (χ1v) is 12.8. The fraction of sp³-hybridized carbons (Fsp3) is 0.467. The molecule has 5 heteroatoms. The molecule has 0 radical (unpaired) electrons. The second-order valence-electron chi connectivity index (χ2n) is 11.1. The number of benzene rings is 1. The van der Waals surface area contributed by atoms with Gasteiger partial charge in [0, 0.05) is 29.7 Å². The van der Waals surface area contributed by atoms with Crippen molar-refractivity contribution in [2.24, 2.45) is 11.1 Å². The highest BCUT2D eigenvalue weighted by Gasteiger charge is 2.57. The van der Waals surface area contributed by atoms with Crippen molar-refractivity contribution in [1.82, 2.24) is 9.88 Å². The summed E-state index contributed by atoms with van der Waals surface area (Å²) in [7, 11) is 0. The van der Waals surface area contributed by atoms with E-state index in [0.717, 1.165) is 35.2 Å². The molecule has 2 aromatic rings. The number of carbonyl (C=O) groups excluding carboxylic acids is 2. The zero-order valence-electron chi connectivity index (χ0n) is 21.8. The highest BCUT2D eigenvalue weighted by molar-refractivity contribution is 6.07. The predicted molar refractivity (Wildman–Crippen MR) is 144 cm³/mol. The zero-order chi connectivity index (χ0) is 25.5. The smallest absolute Gasteiger partial charge is 0.238 e. The third kappa shape index (κ3) is 4.86. The predicted octanol–water partition coefficient (Wildman–Crippen LogP) is 6.19. The summed E-state index contributed by atoms with van der Waals surface area (Å²) in [6.45, 7) is 16.2. The number of aromatic nitrogens is 1. The van der Waals surface area contributed by atoms with Crippen molar-refractivity contribution in [2.45, 2.75) is 72.1 Å². The summed E-state index contributed by atoms with van der Waals surface area (Å²) >= 11 is 0. The van der Waals surface area contributed by atoms with Gasteiger partial charge in [-0.1, -0.05) is 49.8 Å². The first-order chi connectivity index (χ1) is 16.5. The van der Waals surface area contributed by atoms with Gasteiger partial charge in [-0.05, 0) is 87.1 Å². The van der Waals surface area contributed by atoms with Gasteiger partial charge in [-0.15, -0.1) is 0 Å². The van der Waals surface area contributed by atoms with Crippen molar-refractivity contribution < 1.29 is 9.59 Å². The Bertz CT molecular complexity index is 1230. The number of aromatic amines is 1. The highest BCUT2D eigenvalue weighted by atomic mass is 16.2. The summed E-state index contributed by atoms with van der Waals surface area (Å²) in [5.74, 6) is 0.227. The molecule has 0 unspecified atom stereocenters. The van der Waals surface area contributed by atoms with E-state index in [1.54, 1.807) is 0 Å². The van der Waals surface area contributed by atoms with E-state index in [2.05, 4.69) is 69.6 Å². The van der Waals surface area contributed by atoms with Gasteiger partial charge in [-0.25, -0.2) is 0 Å². The number of primary amides is 1. The second-order valence-corrected chi connectivity index (χ2v) is 11.1. The van der Waals surface area contributed by atoms with Gasteiger partial charge in [0.1, 0.15) is 5.41 Å². The fourth-order valence-electron chi connectivity index (χ4n) is 5.48. The van der Waals surface area contributed by atoms with Gasteiger partial charge in [-0.2, -0.15) is 0 Å². The Morgan fingerprint density at radius 1 is 1.14 bits per heavy atom. The average molecular weight is 474 g/mol. The number of rotatable bonds is 7. The molecule has 1 aliphatic carbocycles. The minimum absolute atomic E-state index is 0.0626. The largest absolute Gasteiger partial charge is 0.369 e. The number of nitrogens with zero attached hydrogens (tertiary/aromatic N) is 1. The molecule has 3 N–H and O–H groups in total. The molecule has 35 heavy (non-hydrogen) atoms. The van der Waals surface area contributed by atoms with Crippen LogP contribution in [0.5, 0.6) is 0 Å². The minimum Gasteiger partial charge on any atom is -0.369 e. The van der Waals surface area contributed by atoms with E-state index in [9.17, 15) is 9.59 Å². The lowest BCUT2D eigenvalue weighted by molar-refractivity contribution is -0.143. The Labute approximate surface area is 209 Å². The Morgan fingerprint density at radius 3 is 2.31 bits per heavy atom. The van der Waals surface area contributed by atoms with Crippen LogP contribution in [0.25, 0.3) is 16.5 Å². The number of carbonyl (C=O) groups is 2. The molecule has 1 saturated carbocycles. The van der Waals surface area contributed by atoms with Crippen molar-refractivity contribution in [3.05, 3.63) is 64.9 Å². The number of likely N-dealkylation sites (tertiary alicyclic amines) is 1. The standard InChI is InChI=1S/C30H39N3O2/c1-18(2)15-23(16-19(3)4)27-26(20(5)6)24-17-22(7-8-25(24)32-27)21-9-13-33(14-10-21)29(35)30(11-12-30)28(31)34/h7-8,15-17,20-21,32H,1,9-14H2,2-6H3,(H2,31,34)/b23-15+. The lowest BCUT2D eigenvalue weighted by Crippen LogP contribution is -2.46. The van der Waals surface area contributed by atoms with Crippen LogP contribution >= 0.6 is 0 Å². The quantitative estimate of drug-likeness (QED) is 0.371. The number of amides is 2. The lowest BCUT2D eigenvalue weighted by Gasteiger charge is -2.34. The number of nitrogens with two attached hydrogens (primary N) is 1. The van der Waals surface area contributed by atoms with E-state index in [-0.39, 0.29) is 5.91 Å². The van der Waals surface area contributed by atoms with Crippen LogP contribution in [0.15, 0.2) is 48.1 Å². The van der Waals surface area contributed by atoms with Gasteiger partial charge >= 0.3 is 0 Å². The number of allylic oxidation sites excluding steroid dienone is 5. The van der Waals surface area contributed by atoms with Crippen LogP contribution in [0.1, 0.15) is 89.0 Å². The maximum Gasteiger partial charge on any atom is 0.238 e. The first-order valence-electron chi connectivity index (χ1n) is 12.8. The number of piperidine rings is 1. The van der Waals surface area contributed by atoms with Gasteiger partial charge in [0.15, 0.2) is 0 Å². The minimum atomic E-state index is -0.917. The normalized spacial score (nSPS) is 18.1. The van der Waals surface area contributed by atoms with Crippen LogP contribution < -0.4 is 5.73 Å². The van der Waals surface area contributed by atoms with Gasteiger partial charge in [0.25, 0.3) is 0 Å². The molecule has 1 aromatic carbocycles. The molecular weight excluding hydrogens is 434 g/mol. The topological polar surface area (TPSA) is 79.2 Å². The molecule has 0 bridgehead atoms. The van der Waals surface area contributed by atoms with E-state index in [1.165, 1.54) is 22.1 Å². The zero-order valence-corrected chi connectivity index (χ0v) is 21.8. The Kier molecular flexibility index (Phi) is 6.81. The molecular formula is C30H39N3O2. The maximum absolute atomic E-state index is 12.9. The molecule has 5 nitrogen and oxygen atoms in total. The van der Waals surface area contributed by atoms with Gasteiger partial charge in [0.2, 0.25) is 11.8 Å². The number of hydrogen-bond acceptors (Lipinski definition) is 2. The van der Waals surface area contributed by atoms with E-state index < -0.39 is 11.3 Å². The molecule has 1 saturated heterocycles. The Morgan fingerprint density at radius 2 is 1.80 bits per heavy atom. The fourth-order valence-corrected chi connectivity index (χ4v) is 5.48. The van der Waals surface area contributed by atoms with Crippen LogP contribution in [0.3, 0.4) is 0 Å². The average Bonchev–Trinajstić information content (AvgIpc) is 3.52. The van der Waals surface area contributed by atoms with E-state index in [4.69, 9.17) is 5.73 Å². The molecule has 0 spiro atoms. The first kappa shape index (κ1) is 25.0. The molecule has 1 aliphatic heterocycles. The molecule has 2 heterocycles.